The number of thiophene rings is 1. The molecule has 0 unspecified atom stereocenters. The number of nitrogens with one attached hydrogen (secondary N) is 1. The largest absolute Gasteiger partial charge is 0.396 e. The van der Waals surface area contributed by atoms with Crippen LogP contribution in [-0.2, 0) is 6.54 Å². The summed E-state index contributed by atoms with van der Waals surface area (Å²) in [6.45, 7) is 2.85. The van der Waals surface area contributed by atoms with Gasteiger partial charge in [0, 0.05) is 34.1 Å². The van der Waals surface area contributed by atoms with Crippen LogP contribution in [0.4, 0.5) is 0 Å². The van der Waals surface area contributed by atoms with E-state index in [-0.39, 0.29) is 12.5 Å². The number of nitrogens with zero attached hydrogens (tertiary/aromatic N) is 2. The van der Waals surface area contributed by atoms with E-state index in [1.54, 1.807) is 18.2 Å². The van der Waals surface area contributed by atoms with Crippen molar-refractivity contribution in [2.75, 3.05) is 13.2 Å². The molecule has 0 aliphatic rings. The Morgan fingerprint density at radius 2 is 2.08 bits per heavy atom. The number of hydrogen-bond acceptors (Lipinski definition) is 4. The van der Waals surface area contributed by atoms with E-state index in [1.165, 1.54) is 11.3 Å². The van der Waals surface area contributed by atoms with Gasteiger partial charge in [0.1, 0.15) is 4.83 Å². The van der Waals surface area contributed by atoms with Crippen LogP contribution in [0.1, 0.15) is 27.3 Å². The van der Waals surface area contributed by atoms with Crippen LogP contribution in [0.15, 0.2) is 24.3 Å². The number of halogens is 2. The Morgan fingerprint density at radius 3 is 2.76 bits per heavy atom. The first-order valence-electron chi connectivity index (χ1n) is 7.80. The van der Waals surface area contributed by atoms with E-state index >= 15 is 0 Å². The van der Waals surface area contributed by atoms with Gasteiger partial charge in [-0.3, -0.25) is 4.79 Å². The predicted molar refractivity (Wildman–Crippen MR) is 102 cm³/mol. The highest BCUT2D eigenvalue weighted by molar-refractivity contribution is 7.20. The molecule has 0 radical (unpaired) electrons. The van der Waals surface area contributed by atoms with Crippen molar-refractivity contribution < 1.29 is 9.90 Å². The van der Waals surface area contributed by atoms with Crippen molar-refractivity contribution in [3.05, 3.63) is 50.4 Å². The number of rotatable bonds is 6. The number of aliphatic hydroxyl groups excluding tert-OH is 1. The SMILES string of the molecule is Cc1nn(Cc2c(Cl)cccc2Cl)c2sc(C(=O)NCCCO)cc12. The third kappa shape index (κ3) is 3.82. The smallest absolute Gasteiger partial charge is 0.261 e. The Morgan fingerprint density at radius 1 is 1.36 bits per heavy atom. The molecule has 2 heterocycles. The first-order valence-corrected chi connectivity index (χ1v) is 9.37. The van der Waals surface area contributed by atoms with Crippen LogP contribution in [0.5, 0.6) is 0 Å². The van der Waals surface area contributed by atoms with E-state index in [9.17, 15) is 4.79 Å². The lowest BCUT2D eigenvalue weighted by Crippen LogP contribution is -2.24. The quantitative estimate of drug-likeness (QED) is 0.620. The van der Waals surface area contributed by atoms with Gasteiger partial charge < -0.3 is 10.4 Å². The minimum Gasteiger partial charge on any atom is -0.396 e. The molecule has 0 saturated carbocycles. The van der Waals surface area contributed by atoms with Gasteiger partial charge in [-0.2, -0.15) is 5.10 Å². The molecule has 5 nitrogen and oxygen atoms in total. The van der Waals surface area contributed by atoms with E-state index in [4.69, 9.17) is 28.3 Å². The Balaban J connectivity index is 1.91. The van der Waals surface area contributed by atoms with Crippen molar-refractivity contribution in [2.24, 2.45) is 0 Å². The summed E-state index contributed by atoms with van der Waals surface area (Å²) in [6.07, 6.45) is 0.536. The van der Waals surface area contributed by atoms with Crippen molar-refractivity contribution in [3.8, 4) is 0 Å². The van der Waals surface area contributed by atoms with Crippen molar-refractivity contribution in [2.45, 2.75) is 19.9 Å². The normalized spacial score (nSPS) is 11.2. The third-order valence-corrected chi connectivity index (χ3v) is 5.68. The molecule has 0 fully saturated rings. The van der Waals surface area contributed by atoms with Crippen LogP contribution >= 0.6 is 34.5 Å². The fourth-order valence-electron chi connectivity index (χ4n) is 2.53. The molecule has 25 heavy (non-hydrogen) atoms. The molecule has 8 heteroatoms. The van der Waals surface area contributed by atoms with Gasteiger partial charge in [0.15, 0.2) is 0 Å². The first-order chi connectivity index (χ1) is 12.0. The summed E-state index contributed by atoms with van der Waals surface area (Å²) < 4.78 is 1.83. The molecule has 0 aliphatic carbocycles. The number of carbonyl (C=O) groups is 1. The van der Waals surface area contributed by atoms with Crippen LogP contribution in [0.3, 0.4) is 0 Å². The van der Waals surface area contributed by atoms with Crippen LogP contribution in [0.2, 0.25) is 10.0 Å². The van der Waals surface area contributed by atoms with E-state index in [1.807, 2.05) is 17.7 Å². The Kier molecular flexibility index (Phi) is 5.64. The third-order valence-electron chi connectivity index (χ3n) is 3.82. The molecule has 3 aromatic rings. The summed E-state index contributed by atoms with van der Waals surface area (Å²) >= 11 is 13.9. The molecule has 2 aromatic heterocycles. The van der Waals surface area contributed by atoms with Gasteiger partial charge >= 0.3 is 0 Å². The molecule has 1 amide bonds. The monoisotopic (exact) mass is 397 g/mol. The summed E-state index contributed by atoms with van der Waals surface area (Å²) in [6, 6.07) is 7.24. The average Bonchev–Trinajstić information content (AvgIpc) is 3.13. The molecule has 2 N–H and O–H groups in total. The summed E-state index contributed by atoms with van der Waals surface area (Å²) in [5, 5.41) is 18.3. The van der Waals surface area contributed by atoms with E-state index in [0.29, 0.717) is 34.4 Å². The van der Waals surface area contributed by atoms with Crippen molar-refractivity contribution in [1.29, 1.82) is 0 Å². The second kappa shape index (κ2) is 7.74. The predicted octanol–water partition coefficient (Wildman–Crippen LogP) is 3.87. The highest BCUT2D eigenvalue weighted by Gasteiger charge is 2.17. The minimum atomic E-state index is -0.142. The van der Waals surface area contributed by atoms with Crippen molar-refractivity contribution in [3.63, 3.8) is 0 Å². The lowest BCUT2D eigenvalue weighted by Gasteiger charge is -2.07. The van der Waals surface area contributed by atoms with Gasteiger partial charge in [0.2, 0.25) is 0 Å². The van der Waals surface area contributed by atoms with Gasteiger partial charge in [0.05, 0.1) is 17.1 Å². The molecular weight excluding hydrogens is 381 g/mol. The fourth-order valence-corrected chi connectivity index (χ4v) is 4.13. The summed E-state index contributed by atoms with van der Waals surface area (Å²) in [7, 11) is 0. The van der Waals surface area contributed by atoms with Gasteiger partial charge in [-0.1, -0.05) is 29.3 Å². The number of carbonyl (C=O) groups excluding carboxylic acids is 1. The number of fused-ring (bicyclic) bond motifs is 1. The van der Waals surface area contributed by atoms with Gasteiger partial charge in [-0.05, 0) is 31.5 Å². The topological polar surface area (TPSA) is 67.2 Å². The summed E-state index contributed by atoms with van der Waals surface area (Å²) in [5.41, 5.74) is 1.65. The Bertz CT molecular complexity index is 900. The second-order valence-electron chi connectivity index (χ2n) is 5.61. The van der Waals surface area contributed by atoms with Crippen LogP contribution in [0, 0.1) is 6.92 Å². The standard InChI is InChI=1S/C17H17Cl2N3O2S/c1-10-11-8-15(16(24)20-6-3-7-23)25-17(11)22(21-10)9-12-13(18)4-2-5-14(12)19/h2,4-5,8,23H,3,6-7,9H2,1H3,(H,20,24). The highest BCUT2D eigenvalue weighted by atomic mass is 35.5. The highest BCUT2D eigenvalue weighted by Crippen LogP contribution is 2.31. The summed E-state index contributed by atoms with van der Waals surface area (Å²) in [4.78, 5) is 13.7. The number of hydrogen-bond donors (Lipinski definition) is 2. The maximum absolute atomic E-state index is 12.2. The zero-order valence-corrected chi connectivity index (χ0v) is 15.9. The molecular formula is C17H17Cl2N3O2S. The lowest BCUT2D eigenvalue weighted by atomic mass is 10.2. The number of amides is 1. The maximum Gasteiger partial charge on any atom is 0.261 e. The number of aliphatic hydroxyl groups is 1. The Labute approximate surface area is 159 Å². The molecule has 132 valence electrons. The fraction of sp³-hybridized carbons (Fsp3) is 0.294. The average molecular weight is 398 g/mol. The number of aryl methyl sites for hydroxylation is 1. The lowest BCUT2D eigenvalue weighted by molar-refractivity contribution is 0.0955. The molecule has 0 saturated heterocycles. The molecule has 0 aliphatic heterocycles. The van der Waals surface area contributed by atoms with Crippen molar-refractivity contribution >= 4 is 50.7 Å². The van der Waals surface area contributed by atoms with Crippen LogP contribution < -0.4 is 5.32 Å². The van der Waals surface area contributed by atoms with E-state index in [2.05, 4.69) is 10.4 Å². The van der Waals surface area contributed by atoms with Gasteiger partial charge in [-0.25, -0.2) is 4.68 Å². The number of benzene rings is 1. The van der Waals surface area contributed by atoms with Crippen LogP contribution in [0.25, 0.3) is 10.2 Å². The van der Waals surface area contributed by atoms with E-state index < -0.39 is 0 Å². The van der Waals surface area contributed by atoms with E-state index in [0.717, 1.165) is 21.5 Å². The van der Waals surface area contributed by atoms with Gasteiger partial charge in [-0.15, -0.1) is 11.3 Å². The first kappa shape index (κ1) is 18.2. The number of aromatic nitrogens is 2. The Hall–Kier alpha value is -1.60. The maximum atomic E-state index is 12.2. The molecule has 0 bridgehead atoms. The van der Waals surface area contributed by atoms with Gasteiger partial charge in [0.25, 0.3) is 5.91 Å². The molecule has 3 rings (SSSR count). The zero-order valence-electron chi connectivity index (χ0n) is 13.6. The second-order valence-corrected chi connectivity index (χ2v) is 7.45. The minimum absolute atomic E-state index is 0.0549. The summed E-state index contributed by atoms with van der Waals surface area (Å²) in [5.74, 6) is -0.142. The zero-order chi connectivity index (χ0) is 18.0. The molecule has 0 atom stereocenters. The van der Waals surface area contributed by atoms with Crippen molar-refractivity contribution in [1.82, 2.24) is 15.1 Å². The molecule has 0 spiro atoms. The van der Waals surface area contributed by atoms with Crippen LogP contribution in [-0.4, -0.2) is 33.9 Å². The molecule has 1 aromatic carbocycles.